The molecule has 0 bridgehead atoms. The first kappa shape index (κ1) is 24.9. The molecular formula is C20H28N4O5S2. The van der Waals surface area contributed by atoms with Crippen LogP contribution in [-0.4, -0.2) is 68.4 Å². The smallest absolute Gasteiger partial charge is 0.408 e. The Balaban J connectivity index is 2.06. The van der Waals surface area contributed by atoms with Crippen LogP contribution in [0.2, 0.25) is 0 Å². The molecule has 2 amide bonds. The summed E-state index contributed by atoms with van der Waals surface area (Å²) in [7, 11) is 0. The van der Waals surface area contributed by atoms with Gasteiger partial charge in [-0.1, -0.05) is 24.4 Å². The van der Waals surface area contributed by atoms with E-state index in [-0.39, 0.29) is 17.6 Å². The predicted molar refractivity (Wildman–Crippen MR) is 124 cm³/mol. The number of rotatable bonds is 5. The van der Waals surface area contributed by atoms with Crippen molar-refractivity contribution in [3.8, 4) is 0 Å². The number of non-ortho nitro benzene ring substituents is 1. The molecule has 0 saturated carbocycles. The van der Waals surface area contributed by atoms with Gasteiger partial charge in [-0.05, 0) is 39.7 Å². The third-order valence-corrected chi connectivity index (χ3v) is 5.25. The molecule has 0 spiro atoms. The van der Waals surface area contributed by atoms with Crippen LogP contribution in [0.3, 0.4) is 0 Å². The summed E-state index contributed by atoms with van der Waals surface area (Å²) in [4.78, 5) is 38.9. The summed E-state index contributed by atoms with van der Waals surface area (Å²) in [5, 5.41) is 13.4. The van der Waals surface area contributed by atoms with Gasteiger partial charge in [0.15, 0.2) is 0 Å². The number of nitrogens with zero attached hydrogens (tertiary/aromatic N) is 3. The third-order valence-electron chi connectivity index (χ3n) is 4.76. The molecule has 170 valence electrons. The summed E-state index contributed by atoms with van der Waals surface area (Å²) >= 11 is 9.56. The van der Waals surface area contributed by atoms with Gasteiger partial charge in [-0.3, -0.25) is 14.9 Å². The molecule has 9 nitrogen and oxygen atoms in total. The lowest BCUT2D eigenvalue weighted by molar-refractivity contribution is -0.384. The average molecular weight is 469 g/mol. The Labute approximate surface area is 192 Å². The number of hydrogen-bond acceptors (Lipinski definition) is 6. The fourth-order valence-electron chi connectivity index (χ4n) is 3.33. The largest absolute Gasteiger partial charge is 0.444 e. The Morgan fingerprint density at radius 2 is 1.94 bits per heavy atom. The average Bonchev–Trinajstić information content (AvgIpc) is 2.65. The van der Waals surface area contributed by atoms with Crippen molar-refractivity contribution in [2.45, 2.75) is 51.8 Å². The van der Waals surface area contributed by atoms with Gasteiger partial charge in [0.25, 0.3) is 5.69 Å². The summed E-state index contributed by atoms with van der Waals surface area (Å²) in [5.74, 6) is -0.218. The van der Waals surface area contributed by atoms with E-state index in [1.807, 2.05) is 4.90 Å². The Morgan fingerprint density at radius 3 is 2.45 bits per heavy atom. The van der Waals surface area contributed by atoms with E-state index >= 15 is 0 Å². The zero-order valence-corrected chi connectivity index (χ0v) is 19.7. The number of carbonyl (C=O) groups is 2. The molecule has 1 aliphatic rings. The second kappa shape index (κ2) is 10.3. The SMILES string of the molecule is CC(NC(=O)OC(C)(C)C)C(=O)N1CCN(C(=S)S)C(Cc2ccc([N+](=O)[O-])cc2)C1. The quantitative estimate of drug-likeness (QED) is 0.296. The molecule has 2 atom stereocenters. The zero-order valence-electron chi connectivity index (χ0n) is 18.0. The molecule has 1 fully saturated rings. The topological polar surface area (TPSA) is 105 Å². The lowest BCUT2D eigenvalue weighted by atomic mass is 10.0. The van der Waals surface area contributed by atoms with Crippen molar-refractivity contribution in [1.82, 2.24) is 15.1 Å². The van der Waals surface area contributed by atoms with Crippen molar-refractivity contribution in [1.29, 1.82) is 0 Å². The fourth-order valence-corrected chi connectivity index (χ4v) is 3.83. The summed E-state index contributed by atoms with van der Waals surface area (Å²) in [5.41, 5.74) is 0.253. The molecule has 11 heteroatoms. The molecule has 31 heavy (non-hydrogen) atoms. The third kappa shape index (κ3) is 7.35. The number of nitro groups is 1. The minimum atomic E-state index is -0.746. The monoisotopic (exact) mass is 468 g/mol. The van der Waals surface area contributed by atoms with Crippen LogP contribution in [-0.2, 0) is 16.0 Å². The van der Waals surface area contributed by atoms with E-state index in [0.717, 1.165) is 5.56 Å². The molecule has 1 aromatic rings. The molecule has 0 aliphatic carbocycles. The van der Waals surface area contributed by atoms with Crippen LogP contribution in [0.5, 0.6) is 0 Å². The van der Waals surface area contributed by atoms with E-state index in [4.69, 9.17) is 17.0 Å². The van der Waals surface area contributed by atoms with Crippen LogP contribution in [0, 0.1) is 10.1 Å². The molecule has 0 aromatic heterocycles. The highest BCUT2D eigenvalue weighted by Gasteiger charge is 2.33. The number of nitro benzene ring substituents is 1. The molecule has 1 heterocycles. The number of thiol groups is 1. The van der Waals surface area contributed by atoms with E-state index in [1.54, 1.807) is 44.7 Å². The van der Waals surface area contributed by atoms with Gasteiger partial charge in [0, 0.05) is 31.8 Å². The van der Waals surface area contributed by atoms with E-state index in [2.05, 4.69) is 17.9 Å². The molecule has 2 unspecified atom stereocenters. The zero-order chi connectivity index (χ0) is 23.3. The maximum Gasteiger partial charge on any atom is 0.408 e. The van der Waals surface area contributed by atoms with Crippen LogP contribution >= 0.6 is 24.8 Å². The normalized spacial score (nSPS) is 17.6. The van der Waals surface area contributed by atoms with Crippen LogP contribution in [0.15, 0.2) is 24.3 Å². The summed E-state index contributed by atoms with van der Waals surface area (Å²) < 4.78 is 5.65. The van der Waals surface area contributed by atoms with Gasteiger partial charge in [-0.25, -0.2) is 4.79 Å². The summed E-state index contributed by atoms with van der Waals surface area (Å²) in [6.45, 7) is 8.20. The molecule has 1 saturated heterocycles. The molecule has 2 rings (SSSR count). The van der Waals surface area contributed by atoms with Crippen molar-refractivity contribution in [3.63, 3.8) is 0 Å². The van der Waals surface area contributed by atoms with Crippen LogP contribution in [0.4, 0.5) is 10.5 Å². The molecule has 1 aliphatic heterocycles. The highest BCUT2D eigenvalue weighted by Crippen LogP contribution is 2.20. The van der Waals surface area contributed by atoms with Gasteiger partial charge in [0.1, 0.15) is 16.0 Å². The number of hydrogen-bond donors (Lipinski definition) is 2. The lowest BCUT2D eigenvalue weighted by Gasteiger charge is -2.42. The number of benzene rings is 1. The number of carbonyl (C=O) groups excluding carboxylic acids is 2. The maximum absolute atomic E-state index is 12.9. The minimum absolute atomic E-state index is 0.0211. The number of ether oxygens (including phenoxy) is 1. The molecule has 1 aromatic carbocycles. The number of nitrogens with one attached hydrogen (secondary N) is 1. The van der Waals surface area contributed by atoms with Gasteiger partial charge in [-0.15, -0.1) is 12.6 Å². The number of amides is 2. The Kier molecular flexibility index (Phi) is 8.24. The highest BCUT2D eigenvalue weighted by molar-refractivity contribution is 8.10. The van der Waals surface area contributed by atoms with E-state index < -0.39 is 22.7 Å². The fraction of sp³-hybridized carbons (Fsp3) is 0.550. The summed E-state index contributed by atoms with van der Waals surface area (Å²) in [6.07, 6.45) is -0.109. The van der Waals surface area contributed by atoms with Gasteiger partial charge >= 0.3 is 6.09 Å². The first-order valence-corrected chi connectivity index (χ1v) is 10.7. The van der Waals surface area contributed by atoms with Gasteiger partial charge < -0.3 is 19.9 Å². The van der Waals surface area contributed by atoms with Gasteiger partial charge in [0.05, 0.1) is 11.0 Å². The van der Waals surface area contributed by atoms with E-state index in [9.17, 15) is 19.7 Å². The first-order valence-electron chi connectivity index (χ1n) is 9.88. The standard InChI is InChI=1S/C20H28N4O5S2/c1-13(21-18(26)29-20(2,3)4)17(25)22-9-10-23(19(30)31)16(12-22)11-14-5-7-15(8-6-14)24(27)28/h5-8,13,16H,9-12H2,1-4H3,(H,21,26)(H,30,31). The van der Waals surface area contributed by atoms with Crippen molar-refractivity contribution in [2.75, 3.05) is 19.6 Å². The predicted octanol–water partition coefficient (Wildman–Crippen LogP) is 2.78. The maximum atomic E-state index is 12.9. The lowest BCUT2D eigenvalue weighted by Crippen LogP contribution is -2.59. The highest BCUT2D eigenvalue weighted by atomic mass is 32.1. The second-order valence-electron chi connectivity index (χ2n) is 8.41. The van der Waals surface area contributed by atoms with Crippen molar-refractivity contribution < 1.29 is 19.2 Å². The van der Waals surface area contributed by atoms with E-state index in [0.29, 0.717) is 30.4 Å². The number of alkyl carbamates (subject to hydrolysis) is 1. The van der Waals surface area contributed by atoms with Crippen molar-refractivity contribution in [3.05, 3.63) is 39.9 Å². The van der Waals surface area contributed by atoms with Crippen LogP contribution in [0.25, 0.3) is 0 Å². The Hall–Kier alpha value is -2.40. The van der Waals surface area contributed by atoms with Crippen LogP contribution in [0.1, 0.15) is 33.3 Å². The van der Waals surface area contributed by atoms with Gasteiger partial charge in [-0.2, -0.15) is 0 Å². The second-order valence-corrected chi connectivity index (χ2v) is 9.52. The van der Waals surface area contributed by atoms with Crippen LogP contribution < -0.4 is 5.32 Å². The number of thiocarbonyl (C=S) groups is 1. The molecule has 1 N–H and O–H groups in total. The summed E-state index contributed by atoms with van der Waals surface area (Å²) in [6, 6.07) is 5.42. The number of piperazine rings is 1. The first-order chi connectivity index (χ1) is 14.4. The minimum Gasteiger partial charge on any atom is -0.444 e. The molecule has 0 radical (unpaired) electrons. The van der Waals surface area contributed by atoms with Crippen molar-refractivity contribution in [2.24, 2.45) is 0 Å². The Bertz CT molecular complexity index is 841. The molecular weight excluding hydrogens is 440 g/mol. The van der Waals surface area contributed by atoms with E-state index in [1.165, 1.54) is 12.1 Å². The van der Waals surface area contributed by atoms with Crippen molar-refractivity contribution >= 4 is 46.9 Å². The Morgan fingerprint density at radius 1 is 1.32 bits per heavy atom. The van der Waals surface area contributed by atoms with Gasteiger partial charge in [0.2, 0.25) is 5.91 Å².